The molecule has 0 radical (unpaired) electrons. The summed E-state index contributed by atoms with van der Waals surface area (Å²) >= 11 is 0. The molecule has 0 aliphatic rings. The summed E-state index contributed by atoms with van der Waals surface area (Å²) in [4.78, 5) is 10.9. The average molecular weight is 235 g/mol. The molecule has 0 aromatic heterocycles. The Morgan fingerprint density at radius 1 is 1.47 bits per heavy atom. The zero-order valence-corrected chi connectivity index (χ0v) is 9.90. The molecule has 1 rings (SSSR count). The van der Waals surface area contributed by atoms with Crippen molar-refractivity contribution in [3.63, 3.8) is 0 Å². The number of benzene rings is 1. The molecule has 0 spiro atoms. The molecule has 0 unspecified atom stereocenters. The SMILES string of the molecule is C=C(CNCC(=O)OC)c1cccc(CO)c1. The number of carbonyl (C=O) groups excluding carboxylic acids is 1. The van der Waals surface area contributed by atoms with E-state index in [0.717, 1.165) is 16.7 Å². The smallest absolute Gasteiger partial charge is 0.319 e. The molecule has 0 heterocycles. The molecule has 0 amide bonds. The largest absolute Gasteiger partial charge is 0.468 e. The van der Waals surface area contributed by atoms with Crippen molar-refractivity contribution in [3.8, 4) is 0 Å². The van der Waals surface area contributed by atoms with Crippen LogP contribution in [0.25, 0.3) is 5.57 Å². The molecule has 1 aromatic rings. The Hall–Kier alpha value is -1.65. The third kappa shape index (κ3) is 4.38. The van der Waals surface area contributed by atoms with Gasteiger partial charge in [0.05, 0.1) is 20.3 Å². The second-order valence-corrected chi connectivity index (χ2v) is 3.64. The third-order valence-electron chi connectivity index (χ3n) is 2.35. The number of nitrogens with one attached hydrogen (secondary N) is 1. The maximum atomic E-state index is 10.9. The molecule has 4 nitrogen and oxygen atoms in total. The number of ether oxygens (including phenoxy) is 1. The first-order valence-corrected chi connectivity index (χ1v) is 5.33. The van der Waals surface area contributed by atoms with Crippen molar-refractivity contribution in [2.24, 2.45) is 0 Å². The number of aliphatic hydroxyl groups is 1. The van der Waals surface area contributed by atoms with Crippen LogP contribution in [-0.4, -0.2) is 31.3 Å². The van der Waals surface area contributed by atoms with Crippen LogP contribution in [0.1, 0.15) is 11.1 Å². The predicted molar refractivity (Wildman–Crippen MR) is 66.3 cm³/mol. The minimum absolute atomic E-state index is 0.0106. The van der Waals surface area contributed by atoms with E-state index in [1.54, 1.807) is 0 Å². The predicted octanol–water partition coefficient (Wildman–Crippen LogP) is 0.955. The van der Waals surface area contributed by atoms with Crippen LogP contribution >= 0.6 is 0 Å². The van der Waals surface area contributed by atoms with Crippen LogP contribution in [0.4, 0.5) is 0 Å². The summed E-state index contributed by atoms with van der Waals surface area (Å²) in [6.07, 6.45) is 0. The normalized spacial score (nSPS) is 10.0. The van der Waals surface area contributed by atoms with Gasteiger partial charge in [0.1, 0.15) is 0 Å². The number of aliphatic hydroxyl groups excluding tert-OH is 1. The molecule has 4 heteroatoms. The first-order chi connectivity index (χ1) is 8.17. The standard InChI is InChI=1S/C13H17NO3/c1-10(7-14-8-13(16)17-2)12-5-3-4-11(6-12)9-15/h3-6,14-15H,1,7-9H2,2H3. The van der Waals surface area contributed by atoms with E-state index in [2.05, 4.69) is 16.6 Å². The maximum Gasteiger partial charge on any atom is 0.319 e. The highest BCUT2D eigenvalue weighted by Crippen LogP contribution is 2.13. The fourth-order valence-corrected chi connectivity index (χ4v) is 1.38. The lowest BCUT2D eigenvalue weighted by Gasteiger charge is -2.08. The van der Waals surface area contributed by atoms with Gasteiger partial charge in [0, 0.05) is 6.54 Å². The van der Waals surface area contributed by atoms with Crippen molar-refractivity contribution >= 4 is 11.5 Å². The Kier molecular flexibility index (Phi) is 5.39. The van der Waals surface area contributed by atoms with Gasteiger partial charge in [0.15, 0.2) is 0 Å². The van der Waals surface area contributed by atoms with Crippen molar-refractivity contribution < 1.29 is 14.6 Å². The van der Waals surface area contributed by atoms with Crippen LogP contribution < -0.4 is 5.32 Å². The molecule has 92 valence electrons. The lowest BCUT2D eigenvalue weighted by Crippen LogP contribution is -2.25. The van der Waals surface area contributed by atoms with Crippen molar-refractivity contribution in [1.82, 2.24) is 5.32 Å². The van der Waals surface area contributed by atoms with E-state index in [9.17, 15) is 4.79 Å². The molecule has 0 aliphatic carbocycles. The first kappa shape index (κ1) is 13.4. The topological polar surface area (TPSA) is 58.6 Å². The highest BCUT2D eigenvalue weighted by atomic mass is 16.5. The Bertz CT molecular complexity index is 401. The van der Waals surface area contributed by atoms with Gasteiger partial charge in [-0.15, -0.1) is 0 Å². The fourth-order valence-electron chi connectivity index (χ4n) is 1.38. The number of rotatable bonds is 6. The van der Waals surface area contributed by atoms with E-state index >= 15 is 0 Å². The Balaban J connectivity index is 2.49. The van der Waals surface area contributed by atoms with Gasteiger partial charge in [-0.1, -0.05) is 24.8 Å². The number of hydrogen-bond donors (Lipinski definition) is 2. The van der Waals surface area contributed by atoms with Crippen LogP contribution in [-0.2, 0) is 16.1 Å². The zero-order valence-electron chi connectivity index (χ0n) is 9.90. The summed E-state index contributed by atoms with van der Waals surface area (Å²) < 4.78 is 4.51. The number of hydrogen-bond acceptors (Lipinski definition) is 4. The lowest BCUT2D eigenvalue weighted by atomic mass is 10.0. The first-order valence-electron chi connectivity index (χ1n) is 5.33. The van der Waals surface area contributed by atoms with E-state index in [1.807, 2.05) is 24.3 Å². The molecule has 0 bridgehead atoms. The third-order valence-corrected chi connectivity index (χ3v) is 2.35. The summed E-state index contributed by atoms with van der Waals surface area (Å²) in [5, 5.41) is 12.0. The summed E-state index contributed by atoms with van der Waals surface area (Å²) in [6, 6.07) is 7.51. The maximum absolute atomic E-state index is 10.9. The summed E-state index contributed by atoms with van der Waals surface area (Å²) in [7, 11) is 1.35. The highest BCUT2D eigenvalue weighted by Gasteiger charge is 2.02. The quantitative estimate of drug-likeness (QED) is 0.721. The van der Waals surface area contributed by atoms with Crippen molar-refractivity contribution in [3.05, 3.63) is 42.0 Å². The van der Waals surface area contributed by atoms with Crippen molar-refractivity contribution in [1.29, 1.82) is 0 Å². The molecular formula is C13H17NO3. The second kappa shape index (κ2) is 6.83. The van der Waals surface area contributed by atoms with E-state index in [-0.39, 0.29) is 19.1 Å². The van der Waals surface area contributed by atoms with Crippen LogP contribution in [0, 0.1) is 0 Å². The van der Waals surface area contributed by atoms with E-state index < -0.39 is 0 Å². The lowest BCUT2D eigenvalue weighted by molar-refractivity contribution is -0.139. The molecule has 0 atom stereocenters. The van der Waals surface area contributed by atoms with Gasteiger partial charge in [-0.25, -0.2) is 0 Å². The number of esters is 1. The number of carbonyl (C=O) groups is 1. The molecule has 17 heavy (non-hydrogen) atoms. The molecule has 0 saturated heterocycles. The van der Waals surface area contributed by atoms with E-state index in [1.165, 1.54) is 7.11 Å². The second-order valence-electron chi connectivity index (χ2n) is 3.64. The summed E-state index contributed by atoms with van der Waals surface area (Å²) in [5.74, 6) is -0.304. The highest BCUT2D eigenvalue weighted by molar-refractivity contribution is 5.72. The van der Waals surface area contributed by atoms with Crippen LogP contribution in [0.15, 0.2) is 30.8 Å². The minimum atomic E-state index is -0.304. The molecule has 2 N–H and O–H groups in total. The van der Waals surface area contributed by atoms with Crippen LogP contribution in [0.3, 0.4) is 0 Å². The molecule has 0 saturated carbocycles. The van der Waals surface area contributed by atoms with Gasteiger partial charge in [-0.3, -0.25) is 4.79 Å². The van der Waals surface area contributed by atoms with E-state index in [4.69, 9.17) is 5.11 Å². The van der Waals surface area contributed by atoms with Gasteiger partial charge in [-0.05, 0) is 22.8 Å². The van der Waals surface area contributed by atoms with Crippen LogP contribution in [0.2, 0.25) is 0 Å². The van der Waals surface area contributed by atoms with Gasteiger partial charge in [0.25, 0.3) is 0 Å². The molecular weight excluding hydrogens is 218 g/mol. The zero-order chi connectivity index (χ0) is 12.7. The van der Waals surface area contributed by atoms with Crippen LogP contribution in [0.5, 0.6) is 0 Å². The van der Waals surface area contributed by atoms with Crippen molar-refractivity contribution in [2.75, 3.05) is 20.2 Å². The average Bonchev–Trinajstić information content (AvgIpc) is 2.38. The van der Waals surface area contributed by atoms with Gasteiger partial charge in [0.2, 0.25) is 0 Å². The van der Waals surface area contributed by atoms with Crippen molar-refractivity contribution in [2.45, 2.75) is 6.61 Å². The van der Waals surface area contributed by atoms with Gasteiger partial charge >= 0.3 is 5.97 Å². The number of methoxy groups -OCH3 is 1. The minimum Gasteiger partial charge on any atom is -0.468 e. The summed E-state index contributed by atoms with van der Waals surface area (Å²) in [6.45, 7) is 4.60. The Labute approximate surface area is 101 Å². The fraction of sp³-hybridized carbons (Fsp3) is 0.308. The molecule has 1 aromatic carbocycles. The Morgan fingerprint density at radius 3 is 2.88 bits per heavy atom. The monoisotopic (exact) mass is 235 g/mol. The summed E-state index contributed by atoms with van der Waals surface area (Å²) in [5.41, 5.74) is 2.66. The van der Waals surface area contributed by atoms with Gasteiger partial charge < -0.3 is 15.2 Å². The van der Waals surface area contributed by atoms with E-state index in [0.29, 0.717) is 6.54 Å². The van der Waals surface area contributed by atoms with Gasteiger partial charge in [-0.2, -0.15) is 0 Å². The Morgan fingerprint density at radius 2 is 2.24 bits per heavy atom. The molecule has 0 fully saturated rings. The molecule has 0 aliphatic heterocycles.